The van der Waals surface area contributed by atoms with Crippen molar-refractivity contribution in [3.05, 3.63) is 42.0 Å². The molecule has 0 unspecified atom stereocenters. The van der Waals surface area contributed by atoms with E-state index in [1.165, 1.54) is 5.56 Å². The molecule has 0 aromatic heterocycles. The SMILES string of the molecule is N[C@H]1CCN(C/C=C/c2ccccc2)C1. The Hall–Kier alpha value is -1.12. The summed E-state index contributed by atoms with van der Waals surface area (Å²) in [6.07, 6.45) is 5.52. The number of hydrogen-bond acceptors (Lipinski definition) is 2. The van der Waals surface area contributed by atoms with Gasteiger partial charge in [-0.05, 0) is 12.0 Å². The second-order valence-electron chi connectivity index (χ2n) is 4.12. The van der Waals surface area contributed by atoms with Crippen LogP contribution in [-0.4, -0.2) is 30.6 Å². The van der Waals surface area contributed by atoms with E-state index in [4.69, 9.17) is 5.73 Å². The highest BCUT2D eigenvalue weighted by molar-refractivity contribution is 5.48. The highest BCUT2D eigenvalue weighted by Gasteiger charge is 2.16. The highest BCUT2D eigenvalue weighted by atomic mass is 15.2. The van der Waals surface area contributed by atoms with Crippen molar-refractivity contribution in [3.8, 4) is 0 Å². The van der Waals surface area contributed by atoms with Crippen molar-refractivity contribution in [1.82, 2.24) is 4.90 Å². The number of nitrogens with zero attached hydrogens (tertiary/aromatic N) is 1. The zero-order valence-corrected chi connectivity index (χ0v) is 8.97. The van der Waals surface area contributed by atoms with Gasteiger partial charge in [0.05, 0.1) is 0 Å². The lowest BCUT2D eigenvalue weighted by Gasteiger charge is -2.11. The van der Waals surface area contributed by atoms with E-state index in [0.717, 1.165) is 26.1 Å². The summed E-state index contributed by atoms with van der Waals surface area (Å²) in [5.41, 5.74) is 7.11. The Morgan fingerprint density at radius 2 is 2.13 bits per heavy atom. The predicted molar refractivity (Wildman–Crippen MR) is 64.5 cm³/mol. The molecule has 1 fully saturated rings. The van der Waals surface area contributed by atoms with Gasteiger partial charge < -0.3 is 5.73 Å². The first-order valence-electron chi connectivity index (χ1n) is 5.54. The first kappa shape index (κ1) is 10.4. The predicted octanol–water partition coefficient (Wildman–Crippen LogP) is 1.73. The van der Waals surface area contributed by atoms with E-state index in [2.05, 4.69) is 41.3 Å². The van der Waals surface area contributed by atoms with E-state index in [1.807, 2.05) is 6.07 Å². The lowest BCUT2D eigenvalue weighted by Crippen LogP contribution is -2.26. The third kappa shape index (κ3) is 3.18. The van der Waals surface area contributed by atoms with Gasteiger partial charge in [0.15, 0.2) is 0 Å². The zero-order valence-electron chi connectivity index (χ0n) is 8.97. The summed E-state index contributed by atoms with van der Waals surface area (Å²) in [5, 5.41) is 0. The van der Waals surface area contributed by atoms with Crippen LogP contribution < -0.4 is 5.73 Å². The smallest absolute Gasteiger partial charge is 0.0180 e. The molecule has 2 rings (SSSR count). The van der Waals surface area contributed by atoms with Crippen molar-refractivity contribution in [2.75, 3.05) is 19.6 Å². The van der Waals surface area contributed by atoms with Crippen LogP contribution in [0.15, 0.2) is 36.4 Å². The Balaban J connectivity index is 1.81. The zero-order chi connectivity index (χ0) is 10.5. The number of likely N-dealkylation sites (tertiary alicyclic amines) is 1. The molecule has 0 amide bonds. The Morgan fingerprint density at radius 1 is 1.33 bits per heavy atom. The number of hydrogen-bond donors (Lipinski definition) is 1. The van der Waals surface area contributed by atoms with Gasteiger partial charge >= 0.3 is 0 Å². The standard InChI is InChI=1S/C13H18N2/c14-13-8-10-15(11-13)9-4-7-12-5-2-1-3-6-12/h1-7,13H,8-11,14H2/b7-4+/t13-/m0/s1. The minimum absolute atomic E-state index is 0.384. The monoisotopic (exact) mass is 202 g/mol. The van der Waals surface area contributed by atoms with Crippen LogP contribution in [0.5, 0.6) is 0 Å². The fourth-order valence-electron chi connectivity index (χ4n) is 1.93. The van der Waals surface area contributed by atoms with Gasteiger partial charge in [0.1, 0.15) is 0 Å². The summed E-state index contributed by atoms with van der Waals surface area (Å²) < 4.78 is 0. The summed E-state index contributed by atoms with van der Waals surface area (Å²) in [6.45, 7) is 3.20. The summed E-state index contributed by atoms with van der Waals surface area (Å²) in [5.74, 6) is 0. The summed E-state index contributed by atoms with van der Waals surface area (Å²) >= 11 is 0. The lowest BCUT2D eigenvalue weighted by atomic mass is 10.2. The van der Waals surface area contributed by atoms with Gasteiger partial charge in [-0.3, -0.25) is 4.90 Å². The van der Waals surface area contributed by atoms with E-state index in [1.54, 1.807) is 0 Å². The maximum Gasteiger partial charge on any atom is 0.0180 e. The molecule has 1 aromatic carbocycles. The van der Waals surface area contributed by atoms with Crippen LogP contribution in [0.1, 0.15) is 12.0 Å². The molecule has 1 heterocycles. The second kappa shape index (κ2) is 5.10. The third-order valence-electron chi connectivity index (χ3n) is 2.78. The normalized spacial score (nSPS) is 22.6. The third-order valence-corrected chi connectivity index (χ3v) is 2.78. The van der Waals surface area contributed by atoms with Gasteiger partial charge in [0.25, 0.3) is 0 Å². The quantitative estimate of drug-likeness (QED) is 0.809. The largest absolute Gasteiger partial charge is 0.326 e. The van der Waals surface area contributed by atoms with Crippen LogP contribution in [-0.2, 0) is 0 Å². The molecule has 80 valence electrons. The molecule has 0 spiro atoms. The summed E-state index contributed by atoms with van der Waals surface area (Å²) in [6, 6.07) is 10.8. The van der Waals surface area contributed by atoms with E-state index in [0.29, 0.717) is 6.04 Å². The van der Waals surface area contributed by atoms with Crippen molar-refractivity contribution in [3.63, 3.8) is 0 Å². The lowest BCUT2D eigenvalue weighted by molar-refractivity contribution is 0.372. The first-order valence-corrected chi connectivity index (χ1v) is 5.54. The second-order valence-corrected chi connectivity index (χ2v) is 4.12. The van der Waals surface area contributed by atoms with E-state index in [9.17, 15) is 0 Å². The molecule has 1 atom stereocenters. The van der Waals surface area contributed by atoms with Crippen molar-refractivity contribution >= 4 is 6.08 Å². The van der Waals surface area contributed by atoms with E-state index >= 15 is 0 Å². The maximum atomic E-state index is 5.84. The molecule has 0 radical (unpaired) electrons. The minimum Gasteiger partial charge on any atom is -0.326 e. The molecule has 15 heavy (non-hydrogen) atoms. The van der Waals surface area contributed by atoms with Crippen LogP contribution in [0.3, 0.4) is 0 Å². The highest BCUT2D eigenvalue weighted by Crippen LogP contribution is 2.07. The van der Waals surface area contributed by atoms with Crippen LogP contribution >= 0.6 is 0 Å². The fourth-order valence-corrected chi connectivity index (χ4v) is 1.93. The van der Waals surface area contributed by atoms with Crippen LogP contribution in [0, 0.1) is 0 Å². The van der Waals surface area contributed by atoms with Gasteiger partial charge in [-0.1, -0.05) is 42.5 Å². The first-order chi connectivity index (χ1) is 7.34. The topological polar surface area (TPSA) is 29.3 Å². The molecule has 1 aliphatic heterocycles. The van der Waals surface area contributed by atoms with Crippen LogP contribution in [0.2, 0.25) is 0 Å². The van der Waals surface area contributed by atoms with Gasteiger partial charge in [-0.25, -0.2) is 0 Å². The average molecular weight is 202 g/mol. The van der Waals surface area contributed by atoms with Crippen LogP contribution in [0.4, 0.5) is 0 Å². The van der Waals surface area contributed by atoms with Crippen molar-refractivity contribution < 1.29 is 0 Å². The van der Waals surface area contributed by atoms with Crippen molar-refractivity contribution in [2.45, 2.75) is 12.5 Å². The maximum absolute atomic E-state index is 5.84. The number of rotatable bonds is 3. The molecule has 2 nitrogen and oxygen atoms in total. The molecular formula is C13H18N2. The molecule has 1 aromatic rings. The molecule has 2 heteroatoms. The van der Waals surface area contributed by atoms with Crippen LogP contribution in [0.25, 0.3) is 6.08 Å². The number of nitrogens with two attached hydrogens (primary N) is 1. The van der Waals surface area contributed by atoms with Gasteiger partial charge in [0, 0.05) is 25.7 Å². The molecule has 2 N–H and O–H groups in total. The van der Waals surface area contributed by atoms with E-state index in [-0.39, 0.29) is 0 Å². The van der Waals surface area contributed by atoms with Gasteiger partial charge in [-0.2, -0.15) is 0 Å². The molecule has 0 aliphatic carbocycles. The Bertz CT molecular complexity index is 319. The summed E-state index contributed by atoms with van der Waals surface area (Å²) in [7, 11) is 0. The average Bonchev–Trinajstić information content (AvgIpc) is 2.66. The van der Waals surface area contributed by atoms with Crippen molar-refractivity contribution in [1.29, 1.82) is 0 Å². The molecule has 0 bridgehead atoms. The van der Waals surface area contributed by atoms with E-state index < -0.39 is 0 Å². The molecule has 1 saturated heterocycles. The fraction of sp³-hybridized carbons (Fsp3) is 0.385. The van der Waals surface area contributed by atoms with Crippen molar-refractivity contribution in [2.24, 2.45) is 5.73 Å². The Morgan fingerprint density at radius 3 is 2.80 bits per heavy atom. The molecule has 0 saturated carbocycles. The Labute approximate surface area is 91.4 Å². The number of benzene rings is 1. The Kier molecular flexibility index (Phi) is 3.54. The summed E-state index contributed by atoms with van der Waals surface area (Å²) in [4.78, 5) is 2.39. The molecule has 1 aliphatic rings. The van der Waals surface area contributed by atoms with Gasteiger partial charge in [-0.15, -0.1) is 0 Å². The van der Waals surface area contributed by atoms with Gasteiger partial charge in [0.2, 0.25) is 0 Å². The molecular weight excluding hydrogens is 184 g/mol. The minimum atomic E-state index is 0.384.